The maximum Gasteiger partial charge on any atom is 0.331 e. The van der Waals surface area contributed by atoms with Crippen LogP contribution in [0.2, 0.25) is 0 Å². The molecule has 1 aliphatic carbocycles. The van der Waals surface area contributed by atoms with Crippen molar-refractivity contribution in [2.45, 2.75) is 26.2 Å². The standard InChI is InChI=1S/C10H14O4/c1-2-14-10(13)8-5-3-7(4-6-8)9(11)12/h3,8H,2,4-6H2,1H3,(H,11,12). The van der Waals surface area contributed by atoms with Gasteiger partial charge >= 0.3 is 11.9 Å². The third-order valence-corrected chi connectivity index (χ3v) is 2.31. The van der Waals surface area contributed by atoms with Gasteiger partial charge in [-0.25, -0.2) is 4.79 Å². The molecular formula is C10H14O4. The topological polar surface area (TPSA) is 63.6 Å². The molecule has 0 aliphatic heterocycles. The van der Waals surface area contributed by atoms with Crippen molar-refractivity contribution in [1.29, 1.82) is 0 Å². The Balaban J connectivity index is 2.50. The first-order chi connectivity index (χ1) is 6.65. The fraction of sp³-hybridized carbons (Fsp3) is 0.600. The van der Waals surface area contributed by atoms with Gasteiger partial charge in [-0.05, 0) is 26.2 Å². The number of rotatable bonds is 3. The molecule has 0 fully saturated rings. The van der Waals surface area contributed by atoms with Crippen LogP contribution in [0, 0.1) is 5.92 Å². The molecule has 1 N–H and O–H groups in total. The lowest BCUT2D eigenvalue weighted by Gasteiger charge is -2.18. The van der Waals surface area contributed by atoms with E-state index in [1.54, 1.807) is 13.0 Å². The second kappa shape index (κ2) is 4.79. The first kappa shape index (κ1) is 10.8. The predicted molar refractivity (Wildman–Crippen MR) is 49.7 cm³/mol. The highest BCUT2D eigenvalue weighted by Gasteiger charge is 2.24. The highest BCUT2D eigenvalue weighted by Crippen LogP contribution is 2.24. The van der Waals surface area contributed by atoms with Gasteiger partial charge in [0.15, 0.2) is 0 Å². The Hall–Kier alpha value is -1.32. The number of hydrogen-bond acceptors (Lipinski definition) is 3. The van der Waals surface area contributed by atoms with Crippen molar-refractivity contribution in [2.24, 2.45) is 5.92 Å². The van der Waals surface area contributed by atoms with E-state index in [1.165, 1.54) is 0 Å². The van der Waals surface area contributed by atoms with Crippen LogP contribution in [0.3, 0.4) is 0 Å². The second-order valence-electron chi connectivity index (χ2n) is 3.26. The van der Waals surface area contributed by atoms with Crippen LogP contribution >= 0.6 is 0 Å². The van der Waals surface area contributed by atoms with Gasteiger partial charge in [0, 0.05) is 5.57 Å². The summed E-state index contributed by atoms with van der Waals surface area (Å²) in [6, 6.07) is 0. The average molecular weight is 198 g/mol. The molecule has 0 amide bonds. The number of carboxylic acid groups (broad SMARTS) is 1. The molecule has 0 heterocycles. The zero-order chi connectivity index (χ0) is 10.6. The van der Waals surface area contributed by atoms with E-state index >= 15 is 0 Å². The summed E-state index contributed by atoms with van der Waals surface area (Å²) in [4.78, 5) is 21.8. The second-order valence-corrected chi connectivity index (χ2v) is 3.26. The summed E-state index contributed by atoms with van der Waals surface area (Å²) < 4.78 is 4.86. The fourth-order valence-corrected chi connectivity index (χ4v) is 1.50. The lowest BCUT2D eigenvalue weighted by molar-refractivity contribution is -0.148. The van der Waals surface area contributed by atoms with Crippen molar-refractivity contribution in [1.82, 2.24) is 0 Å². The zero-order valence-corrected chi connectivity index (χ0v) is 8.16. The van der Waals surface area contributed by atoms with E-state index in [0.717, 1.165) is 0 Å². The zero-order valence-electron chi connectivity index (χ0n) is 8.16. The van der Waals surface area contributed by atoms with Gasteiger partial charge < -0.3 is 9.84 Å². The molecule has 1 unspecified atom stereocenters. The van der Waals surface area contributed by atoms with Gasteiger partial charge in [-0.3, -0.25) is 4.79 Å². The van der Waals surface area contributed by atoms with Crippen LogP contribution < -0.4 is 0 Å². The quantitative estimate of drug-likeness (QED) is 0.695. The lowest BCUT2D eigenvalue weighted by atomic mass is 9.90. The van der Waals surface area contributed by atoms with E-state index in [0.29, 0.717) is 31.4 Å². The van der Waals surface area contributed by atoms with Gasteiger partial charge in [0.25, 0.3) is 0 Å². The van der Waals surface area contributed by atoms with E-state index in [4.69, 9.17) is 9.84 Å². The molecule has 4 nitrogen and oxygen atoms in total. The highest BCUT2D eigenvalue weighted by atomic mass is 16.5. The molecule has 0 saturated carbocycles. The van der Waals surface area contributed by atoms with E-state index in [1.807, 2.05) is 0 Å². The Morgan fingerprint density at radius 1 is 1.64 bits per heavy atom. The maximum absolute atomic E-state index is 11.3. The molecule has 14 heavy (non-hydrogen) atoms. The van der Waals surface area contributed by atoms with Crippen LogP contribution in [-0.2, 0) is 14.3 Å². The number of ether oxygens (including phenoxy) is 1. The highest BCUT2D eigenvalue weighted by molar-refractivity contribution is 5.87. The van der Waals surface area contributed by atoms with Crippen molar-refractivity contribution in [3.8, 4) is 0 Å². The normalized spacial score (nSPS) is 21.2. The summed E-state index contributed by atoms with van der Waals surface area (Å²) in [5.41, 5.74) is 0.408. The fourth-order valence-electron chi connectivity index (χ4n) is 1.50. The van der Waals surface area contributed by atoms with Crippen LogP contribution in [0.25, 0.3) is 0 Å². The molecule has 1 aliphatic rings. The van der Waals surface area contributed by atoms with Crippen molar-refractivity contribution >= 4 is 11.9 Å². The van der Waals surface area contributed by atoms with Crippen molar-refractivity contribution in [2.75, 3.05) is 6.61 Å². The van der Waals surface area contributed by atoms with E-state index in [9.17, 15) is 9.59 Å². The lowest BCUT2D eigenvalue weighted by Crippen LogP contribution is -2.21. The first-order valence-electron chi connectivity index (χ1n) is 4.74. The molecule has 0 radical (unpaired) electrons. The number of hydrogen-bond donors (Lipinski definition) is 1. The minimum atomic E-state index is -0.882. The monoisotopic (exact) mass is 198 g/mol. The Morgan fingerprint density at radius 3 is 2.79 bits per heavy atom. The van der Waals surface area contributed by atoms with Crippen molar-refractivity contribution < 1.29 is 19.4 Å². The van der Waals surface area contributed by atoms with Gasteiger partial charge in [0.2, 0.25) is 0 Å². The van der Waals surface area contributed by atoms with Crippen LogP contribution in [-0.4, -0.2) is 23.7 Å². The number of esters is 1. The van der Waals surface area contributed by atoms with Gasteiger partial charge in [0.1, 0.15) is 0 Å². The van der Waals surface area contributed by atoms with Crippen molar-refractivity contribution in [3.05, 3.63) is 11.6 Å². The number of carbonyl (C=O) groups is 2. The molecular weight excluding hydrogens is 184 g/mol. The van der Waals surface area contributed by atoms with Gasteiger partial charge in [0.05, 0.1) is 12.5 Å². The Kier molecular flexibility index (Phi) is 3.68. The smallest absolute Gasteiger partial charge is 0.331 e. The van der Waals surface area contributed by atoms with E-state index in [-0.39, 0.29) is 11.9 Å². The summed E-state index contributed by atoms with van der Waals surface area (Å²) in [6.07, 6.45) is 3.14. The molecule has 0 aromatic rings. The predicted octanol–water partition coefficient (Wildman–Crippen LogP) is 1.36. The SMILES string of the molecule is CCOC(=O)C1CC=C(C(=O)O)CC1. The first-order valence-corrected chi connectivity index (χ1v) is 4.74. The molecule has 0 aromatic heterocycles. The molecule has 0 saturated heterocycles. The van der Waals surface area contributed by atoms with E-state index < -0.39 is 5.97 Å². The molecule has 1 rings (SSSR count). The maximum atomic E-state index is 11.3. The summed E-state index contributed by atoms with van der Waals surface area (Å²) >= 11 is 0. The summed E-state index contributed by atoms with van der Waals surface area (Å²) in [7, 11) is 0. The largest absolute Gasteiger partial charge is 0.478 e. The van der Waals surface area contributed by atoms with Crippen molar-refractivity contribution in [3.63, 3.8) is 0 Å². The van der Waals surface area contributed by atoms with Crippen LogP contribution in [0.5, 0.6) is 0 Å². The Bertz CT molecular complexity index is 267. The number of carboxylic acids is 1. The molecule has 78 valence electrons. The van der Waals surface area contributed by atoms with E-state index in [2.05, 4.69) is 0 Å². The van der Waals surface area contributed by atoms with Gasteiger partial charge in [-0.15, -0.1) is 0 Å². The molecule has 0 bridgehead atoms. The summed E-state index contributed by atoms with van der Waals surface area (Å²) in [5, 5.41) is 8.68. The van der Waals surface area contributed by atoms with Gasteiger partial charge in [-0.2, -0.15) is 0 Å². The molecule has 4 heteroatoms. The Morgan fingerprint density at radius 2 is 2.36 bits per heavy atom. The third kappa shape index (κ3) is 2.58. The summed E-state index contributed by atoms with van der Waals surface area (Å²) in [5.74, 6) is -1.25. The number of aliphatic carboxylic acids is 1. The third-order valence-electron chi connectivity index (χ3n) is 2.31. The summed E-state index contributed by atoms with van der Waals surface area (Å²) in [6.45, 7) is 2.14. The molecule has 1 atom stereocenters. The number of allylic oxidation sites excluding steroid dienone is 1. The van der Waals surface area contributed by atoms with Crippen LogP contribution in [0.1, 0.15) is 26.2 Å². The minimum absolute atomic E-state index is 0.155. The Labute approximate surface area is 82.6 Å². The molecule has 0 spiro atoms. The number of carbonyl (C=O) groups excluding carboxylic acids is 1. The molecule has 0 aromatic carbocycles. The van der Waals surface area contributed by atoms with Crippen LogP contribution in [0.15, 0.2) is 11.6 Å². The van der Waals surface area contributed by atoms with Gasteiger partial charge in [-0.1, -0.05) is 6.08 Å². The minimum Gasteiger partial charge on any atom is -0.478 e. The average Bonchev–Trinajstić information content (AvgIpc) is 2.18. The van der Waals surface area contributed by atoms with Crippen LogP contribution in [0.4, 0.5) is 0 Å².